The predicted molar refractivity (Wildman–Crippen MR) is 101 cm³/mol. The second-order valence-corrected chi connectivity index (χ2v) is 6.82. The summed E-state index contributed by atoms with van der Waals surface area (Å²) < 4.78 is 5.46. The number of carbonyl (C=O) groups excluding carboxylic acids is 2. The van der Waals surface area contributed by atoms with Crippen LogP contribution in [0.3, 0.4) is 0 Å². The molecule has 0 spiro atoms. The lowest BCUT2D eigenvalue weighted by molar-refractivity contribution is -0.137. The van der Waals surface area contributed by atoms with Crippen molar-refractivity contribution in [3.63, 3.8) is 0 Å². The third-order valence-electron chi connectivity index (χ3n) is 4.01. The summed E-state index contributed by atoms with van der Waals surface area (Å²) in [6.45, 7) is 7.43. The topological polar surface area (TPSA) is 92.7 Å². The summed E-state index contributed by atoms with van der Waals surface area (Å²) in [4.78, 5) is 35.9. The van der Waals surface area contributed by atoms with Crippen LogP contribution in [-0.4, -0.2) is 29.0 Å². The molecule has 0 saturated carbocycles. The average molecular weight is 369 g/mol. The molecule has 0 bridgehead atoms. The van der Waals surface area contributed by atoms with Gasteiger partial charge >= 0.3 is 11.9 Å². The smallest absolute Gasteiger partial charge is 0.335 e. The van der Waals surface area contributed by atoms with Gasteiger partial charge in [-0.05, 0) is 67.3 Å². The molecule has 0 aromatic heterocycles. The van der Waals surface area contributed by atoms with Gasteiger partial charge in [0.05, 0.1) is 5.56 Å². The van der Waals surface area contributed by atoms with E-state index in [9.17, 15) is 14.4 Å². The van der Waals surface area contributed by atoms with Crippen LogP contribution in [0.2, 0.25) is 0 Å². The summed E-state index contributed by atoms with van der Waals surface area (Å²) in [6, 6.07) is 10.2. The Morgan fingerprint density at radius 1 is 0.926 bits per heavy atom. The molecule has 1 atom stereocenters. The van der Waals surface area contributed by atoms with Gasteiger partial charge in [0.15, 0.2) is 0 Å². The van der Waals surface area contributed by atoms with Gasteiger partial charge in [-0.3, -0.25) is 4.79 Å². The fourth-order valence-corrected chi connectivity index (χ4v) is 2.66. The molecule has 142 valence electrons. The standard InChI is InChI=1S/C21H23NO5/c1-12(2)18(21(26)27-17-10-13(3)9-14(4)11-17)22-19(23)15-5-7-16(8-6-15)20(24)25/h5-12,18H,1-4H3,(H,22,23)(H,24,25)/t18-/m1/s1. The monoisotopic (exact) mass is 369 g/mol. The number of nitrogens with one attached hydrogen (secondary N) is 1. The van der Waals surface area contributed by atoms with E-state index in [1.165, 1.54) is 24.3 Å². The predicted octanol–water partition coefficient (Wildman–Crippen LogP) is 3.36. The van der Waals surface area contributed by atoms with Crippen molar-refractivity contribution in [1.29, 1.82) is 0 Å². The molecule has 2 N–H and O–H groups in total. The van der Waals surface area contributed by atoms with Gasteiger partial charge < -0.3 is 15.2 Å². The Balaban J connectivity index is 2.12. The Hall–Kier alpha value is -3.15. The molecule has 6 heteroatoms. The van der Waals surface area contributed by atoms with Crippen molar-refractivity contribution in [2.45, 2.75) is 33.7 Å². The van der Waals surface area contributed by atoms with E-state index in [4.69, 9.17) is 9.84 Å². The Morgan fingerprint density at radius 2 is 1.44 bits per heavy atom. The molecular weight excluding hydrogens is 346 g/mol. The van der Waals surface area contributed by atoms with Crippen LogP contribution in [-0.2, 0) is 4.79 Å². The molecule has 0 radical (unpaired) electrons. The Kier molecular flexibility index (Phi) is 6.34. The molecular formula is C21H23NO5. The summed E-state index contributed by atoms with van der Waals surface area (Å²) in [6.07, 6.45) is 0. The fraction of sp³-hybridized carbons (Fsp3) is 0.286. The van der Waals surface area contributed by atoms with Crippen LogP contribution >= 0.6 is 0 Å². The van der Waals surface area contributed by atoms with E-state index in [2.05, 4.69) is 5.32 Å². The lowest BCUT2D eigenvalue weighted by Crippen LogP contribution is -2.46. The van der Waals surface area contributed by atoms with Crippen LogP contribution in [0.5, 0.6) is 5.75 Å². The normalized spacial score (nSPS) is 11.7. The van der Waals surface area contributed by atoms with Gasteiger partial charge in [0, 0.05) is 5.56 Å². The third-order valence-corrected chi connectivity index (χ3v) is 4.01. The molecule has 0 unspecified atom stereocenters. The number of carbonyl (C=O) groups is 3. The van der Waals surface area contributed by atoms with E-state index in [0.717, 1.165) is 11.1 Å². The van der Waals surface area contributed by atoms with Gasteiger partial charge in [0.1, 0.15) is 11.8 Å². The number of aryl methyl sites for hydroxylation is 2. The fourth-order valence-electron chi connectivity index (χ4n) is 2.66. The molecule has 6 nitrogen and oxygen atoms in total. The summed E-state index contributed by atoms with van der Waals surface area (Å²) >= 11 is 0. The van der Waals surface area contributed by atoms with Crippen LogP contribution in [0.25, 0.3) is 0 Å². The number of hydrogen-bond donors (Lipinski definition) is 2. The van der Waals surface area contributed by atoms with Gasteiger partial charge in [-0.15, -0.1) is 0 Å². The molecule has 27 heavy (non-hydrogen) atoms. The molecule has 0 saturated heterocycles. The zero-order chi connectivity index (χ0) is 20.1. The maximum absolute atomic E-state index is 12.6. The van der Waals surface area contributed by atoms with Crippen molar-refractivity contribution >= 4 is 17.8 Å². The Labute approximate surface area is 158 Å². The average Bonchev–Trinajstić information content (AvgIpc) is 2.58. The van der Waals surface area contributed by atoms with E-state index >= 15 is 0 Å². The molecule has 2 rings (SSSR count). The van der Waals surface area contributed by atoms with Crippen LogP contribution in [0.15, 0.2) is 42.5 Å². The highest BCUT2D eigenvalue weighted by Gasteiger charge is 2.27. The number of carboxylic acids is 1. The Morgan fingerprint density at radius 3 is 1.93 bits per heavy atom. The van der Waals surface area contributed by atoms with Gasteiger partial charge in [-0.1, -0.05) is 19.9 Å². The SMILES string of the molecule is Cc1cc(C)cc(OC(=O)[C@H](NC(=O)c2ccc(C(=O)O)cc2)C(C)C)c1. The second kappa shape index (κ2) is 8.49. The lowest BCUT2D eigenvalue weighted by Gasteiger charge is -2.21. The molecule has 0 aliphatic carbocycles. The number of esters is 1. The highest BCUT2D eigenvalue weighted by molar-refractivity contribution is 5.98. The van der Waals surface area contributed by atoms with Crippen molar-refractivity contribution in [2.75, 3.05) is 0 Å². The zero-order valence-electron chi connectivity index (χ0n) is 15.8. The van der Waals surface area contributed by atoms with Gasteiger partial charge in [0.25, 0.3) is 5.91 Å². The van der Waals surface area contributed by atoms with Crippen molar-refractivity contribution in [3.8, 4) is 5.75 Å². The van der Waals surface area contributed by atoms with E-state index in [-0.39, 0.29) is 17.0 Å². The first-order valence-corrected chi connectivity index (χ1v) is 8.61. The molecule has 2 aromatic rings. The van der Waals surface area contributed by atoms with Gasteiger partial charge in [0.2, 0.25) is 0 Å². The van der Waals surface area contributed by atoms with Crippen LogP contribution in [0.4, 0.5) is 0 Å². The number of ether oxygens (including phenoxy) is 1. The number of benzene rings is 2. The molecule has 0 fully saturated rings. The summed E-state index contributed by atoms with van der Waals surface area (Å²) in [5.74, 6) is -1.85. The van der Waals surface area contributed by atoms with Crippen molar-refractivity contribution in [2.24, 2.45) is 5.92 Å². The molecule has 0 heterocycles. The van der Waals surface area contributed by atoms with Gasteiger partial charge in [-0.2, -0.15) is 0 Å². The number of aromatic carboxylic acids is 1. The largest absolute Gasteiger partial charge is 0.478 e. The van der Waals surface area contributed by atoms with E-state index in [1.807, 2.05) is 19.9 Å². The first kappa shape index (κ1) is 20.2. The van der Waals surface area contributed by atoms with Crippen LogP contribution in [0, 0.1) is 19.8 Å². The van der Waals surface area contributed by atoms with Crippen LogP contribution < -0.4 is 10.1 Å². The molecule has 0 aliphatic heterocycles. The van der Waals surface area contributed by atoms with Crippen LogP contribution in [0.1, 0.15) is 45.7 Å². The summed E-state index contributed by atoms with van der Waals surface area (Å²) in [7, 11) is 0. The quantitative estimate of drug-likeness (QED) is 0.602. The van der Waals surface area contributed by atoms with Crippen molar-refractivity contribution in [1.82, 2.24) is 5.32 Å². The minimum absolute atomic E-state index is 0.0844. The number of rotatable bonds is 6. The third kappa shape index (κ3) is 5.41. The molecule has 1 amide bonds. The minimum atomic E-state index is -1.07. The first-order valence-electron chi connectivity index (χ1n) is 8.61. The van der Waals surface area contributed by atoms with Crippen molar-refractivity contribution in [3.05, 3.63) is 64.7 Å². The number of amides is 1. The first-order chi connectivity index (χ1) is 12.7. The number of carboxylic acid groups (broad SMARTS) is 1. The van der Waals surface area contributed by atoms with Crippen molar-refractivity contribution < 1.29 is 24.2 Å². The zero-order valence-corrected chi connectivity index (χ0v) is 15.8. The van der Waals surface area contributed by atoms with E-state index in [1.54, 1.807) is 26.0 Å². The van der Waals surface area contributed by atoms with E-state index < -0.39 is 23.9 Å². The minimum Gasteiger partial charge on any atom is -0.478 e. The second-order valence-electron chi connectivity index (χ2n) is 6.82. The highest BCUT2D eigenvalue weighted by atomic mass is 16.5. The molecule has 0 aliphatic rings. The highest BCUT2D eigenvalue weighted by Crippen LogP contribution is 2.18. The van der Waals surface area contributed by atoms with E-state index in [0.29, 0.717) is 5.75 Å². The summed E-state index contributed by atoms with van der Waals surface area (Å²) in [5, 5.41) is 11.6. The maximum atomic E-state index is 12.6. The lowest BCUT2D eigenvalue weighted by atomic mass is 10.0. The Bertz CT molecular complexity index is 835. The summed E-state index contributed by atoms with van der Waals surface area (Å²) in [5.41, 5.74) is 2.30. The molecule has 2 aromatic carbocycles. The van der Waals surface area contributed by atoms with Gasteiger partial charge in [-0.25, -0.2) is 9.59 Å². The maximum Gasteiger partial charge on any atom is 0.335 e. The number of hydrogen-bond acceptors (Lipinski definition) is 4.